The van der Waals surface area contributed by atoms with E-state index in [1.807, 2.05) is 13.8 Å². The number of hydrogen-bond donors (Lipinski definition) is 1. The Morgan fingerprint density at radius 1 is 1.22 bits per heavy atom. The number of benzene rings is 1. The quantitative estimate of drug-likeness (QED) is 0.359. The summed E-state index contributed by atoms with van der Waals surface area (Å²) in [7, 11) is 0. The molecule has 23 heavy (non-hydrogen) atoms. The molecule has 0 amide bonds. The molecule has 0 aromatic heterocycles. The third-order valence-corrected chi connectivity index (χ3v) is 3.96. The average molecular weight is 384 g/mol. The molecule has 126 valence electrons. The van der Waals surface area contributed by atoms with E-state index in [2.05, 4.69) is 4.74 Å². The Hall–Kier alpha value is -1.50. The molecule has 0 heterocycles. The fourth-order valence-electron chi connectivity index (χ4n) is 1.41. The highest BCUT2D eigenvalue weighted by Crippen LogP contribution is 2.39. The molecule has 0 saturated carbocycles. The molecule has 0 fully saturated rings. The largest absolute Gasteiger partial charge is 0.473 e. The summed E-state index contributed by atoms with van der Waals surface area (Å²) in [5.74, 6) is -4.82. The molecule has 1 atom stereocenters. The van der Waals surface area contributed by atoms with Gasteiger partial charge in [0.25, 0.3) is 0 Å². The van der Waals surface area contributed by atoms with E-state index in [1.165, 1.54) is 0 Å². The van der Waals surface area contributed by atoms with Gasteiger partial charge in [-0.3, -0.25) is 0 Å². The number of ether oxygens (including phenoxy) is 2. The molecule has 1 N–H and O–H groups in total. The number of carbonyl (C=O) groups is 3. The molecular weight excluding hydrogens is 371 g/mol. The number of hydrogen-bond acceptors (Lipinski definition) is 5. The van der Waals surface area contributed by atoms with Gasteiger partial charge in [-0.05, 0) is 12.0 Å². The minimum Gasteiger partial charge on any atom is -0.473 e. The predicted molar refractivity (Wildman–Crippen MR) is 84.5 cm³/mol. The van der Waals surface area contributed by atoms with Gasteiger partial charge in [-0.2, -0.15) is 0 Å². The van der Waals surface area contributed by atoms with E-state index >= 15 is 0 Å². The summed E-state index contributed by atoms with van der Waals surface area (Å²) in [5, 5.41) is 8.04. The molecule has 9 heteroatoms. The van der Waals surface area contributed by atoms with Crippen molar-refractivity contribution in [3.63, 3.8) is 0 Å². The summed E-state index contributed by atoms with van der Waals surface area (Å²) < 4.78 is 9.69. The summed E-state index contributed by atoms with van der Waals surface area (Å²) in [4.78, 5) is 34.0. The van der Waals surface area contributed by atoms with Gasteiger partial charge in [0.1, 0.15) is 5.56 Å². The van der Waals surface area contributed by atoms with Gasteiger partial charge in [0.2, 0.25) is 0 Å². The van der Waals surface area contributed by atoms with E-state index in [1.54, 1.807) is 0 Å². The number of aliphatic carboxylic acids is 1. The van der Waals surface area contributed by atoms with Crippen molar-refractivity contribution in [2.24, 2.45) is 5.92 Å². The standard InChI is InChI=1S/C14H13Cl3O6/c1-3-6(2)5-22-13(20)9-10(17)7(15)4-8(16)11(9)23-14(21)12(18)19/h4,6H,3,5H2,1-2H3,(H,18,19). The molecular formula is C14H13Cl3O6. The second kappa shape index (κ2) is 8.38. The van der Waals surface area contributed by atoms with Crippen LogP contribution < -0.4 is 4.74 Å². The zero-order chi connectivity index (χ0) is 17.7. The van der Waals surface area contributed by atoms with E-state index in [4.69, 9.17) is 44.6 Å². The molecule has 0 aliphatic heterocycles. The van der Waals surface area contributed by atoms with Crippen LogP contribution in [-0.2, 0) is 14.3 Å². The number of rotatable bonds is 5. The fourth-order valence-corrected chi connectivity index (χ4v) is 2.12. The Kier molecular flexibility index (Phi) is 7.12. The number of esters is 2. The van der Waals surface area contributed by atoms with Gasteiger partial charge in [-0.25, -0.2) is 14.4 Å². The molecule has 1 unspecified atom stereocenters. The Labute approximate surface area is 147 Å². The van der Waals surface area contributed by atoms with Crippen LogP contribution in [0.2, 0.25) is 15.1 Å². The van der Waals surface area contributed by atoms with E-state index < -0.39 is 29.2 Å². The maximum atomic E-state index is 12.2. The van der Waals surface area contributed by atoms with Crippen molar-refractivity contribution in [1.29, 1.82) is 0 Å². The maximum absolute atomic E-state index is 12.2. The smallest absolute Gasteiger partial charge is 0.422 e. The summed E-state index contributed by atoms with van der Waals surface area (Å²) >= 11 is 17.7. The summed E-state index contributed by atoms with van der Waals surface area (Å²) in [6.07, 6.45) is 0.776. The Bertz CT molecular complexity index is 644. The van der Waals surface area contributed by atoms with E-state index in [0.717, 1.165) is 12.5 Å². The van der Waals surface area contributed by atoms with E-state index in [0.29, 0.717) is 0 Å². The lowest BCUT2D eigenvalue weighted by Gasteiger charge is -2.14. The first-order valence-electron chi connectivity index (χ1n) is 6.48. The van der Waals surface area contributed by atoms with Crippen molar-refractivity contribution in [1.82, 2.24) is 0 Å². The summed E-state index contributed by atoms with van der Waals surface area (Å²) in [6.45, 7) is 3.88. The second-order valence-electron chi connectivity index (χ2n) is 4.66. The van der Waals surface area contributed by atoms with Crippen LogP contribution in [0, 0.1) is 5.92 Å². The van der Waals surface area contributed by atoms with Crippen molar-refractivity contribution >= 4 is 52.7 Å². The highest BCUT2D eigenvalue weighted by atomic mass is 35.5. The van der Waals surface area contributed by atoms with Gasteiger partial charge in [0.15, 0.2) is 5.75 Å². The van der Waals surface area contributed by atoms with E-state index in [9.17, 15) is 14.4 Å². The molecule has 0 aliphatic carbocycles. The maximum Gasteiger partial charge on any atom is 0.422 e. The molecule has 0 aliphatic rings. The third-order valence-electron chi connectivity index (χ3n) is 2.90. The van der Waals surface area contributed by atoms with Gasteiger partial charge in [0, 0.05) is 0 Å². The molecule has 0 saturated heterocycles. The van der Waals surface area contributed by atoms with Crippen molar-refractivity contribution in [2.75, 3.05) is 6.61 Å². The van der Waals surface area contributed by atoms with Crippen LogP contribution in [0.3, 0.4) is 0 Å². The van der Waals surface area contributed by atoms with Gasteiger partial charge < -0.3 is 14.6 Å². The average Bonchev–Trinajstić information content (AvgIpc) is 2.49. The van der Waals surface area contributed by atoms with E-state index in [-0.39, 0.29) is 27.6 Å². The van der Waals surface area contributed by atoms with Crippen molar-refractivity contribution < 1.29 is 29.0 Å². The fraction of sp³-hybridized carbons (Fsp3) is 0.357. The second-order valence-corrected chi connectivity index (χ2v) is 5.86. The Balaban J connectivity index is 3.24. The van der Waals surface area contributed by atoms with Crippen molar-refractivity contribution in [3.05, 3.63) is 26.7 Å². The lowest BCUT2D eigenvalue weighted by Crippen LogP contribution is -2.21. The van der Waals surface area contributed by atoms with Gasteiger partial charge in [-0.1, -0.05) is 55.1 Å². The molecule has 1 aromatic carbocycles. The van der Waals surface area contributed by atoms with Crippen molar-refractivity contribution in [3.8, 4) is 5.75 Å². The van der Waals surface area contributed by atoms with Crippen LogP contribution >= 0.6 is 34.8 Å². The first kappa shape index (κ1) is 19.5. The highest BCUT2D eigenvalue weighted by Gasteiger charge is 2.28. The SMILES string of the molecule is CCC(C)COC(=O)c1c(Cl)c(Cl)cc(Cl)c1OC(=O)C(=O)O. The number of halogens is 3. The van der Waals surface area contributed by atoms with Crippen LogP contribution in [0.4, 0.5) is 0 Å². The monoisotopic (exact) mass is 382 g/mol. The highest BCUT2D eigenvalue weighted by molar-refractivity contribution is 6.46. The van der Waals surface area contributed by atoms with Gasteiger partial charge in [-0.15, -0.1) is 0 Å². The molecule has 0 bridgehead atoms. The van der Waals surface area contributed by atoms with Crippen LogP contribution in [0.15, 0.2) is 6.07 Å². The molecule has 1 aromatic rings. The molecule has 6 nitrogen and oxygen atoms in total. The van der Waals surface area contributed by atoms with Crippen LogP contribution in [0.5, 0.6) is 5.75 Å². The topological polar surface area (TPSA) is 89.9 Å². The molecule has 0 radical (unpaired) electrons. The first-order chi connectivity index (χ1) is 10.7. The Morgan fingerprint density at radius 2 is 1.83 bits per heavy atom. The normalized spacial score (nSPS) is 11.7. The lowest BCUT2D eigenvalue weighted by atomic mass is 10.1. The number of carboxylic acid groups (broad SMARTS) is 1. The summed E-state index contributed by atoms with van der Waals surface area (Å²) in [6, 6.07) is 1.13. The van der Waals surface area contributed by atoms with Crippen LogP contribution in [0.1, 0.15) is 30.6 Å². The summed E-state index contributed by atoms with van der Waals surface area (Å²) in [5.41, 5.74) is -0.401. The zero-order valence-electron chi connectivity index (χ0n) is 12.2. The van der Waals surface area contributed by atoms with Gasteiger partial charge in [0.05, 0.1) is 21.7 Å². The zero-order valence-corrected chi connectivity index (χ0v) is 14.5. The number of carboxylic acids is 1. The number of carbonyl (C=O) groups excluding carboxylic acids is 2. The van der Waals surface area contributed by atoms with Gasteiger partial charge >= 0.3 is 17.9 Å². The van der Waals surface area contributed by atoms with Crippen LogP contribution in [0.25, 0.3) is 0 Å². The van der Waals surface area contributed by atoms with Crippen molar-refractivity contribution in [2.45, 2.75) is 20.3 Å². The Morgan fingerprint density at radius 3 is 2.35 bits per heavy atom. The lowest BCUT2D eigenvalue weighted by molar-refractivity contribution is -0.158. The predicted octanol–water partition coefficient (Wildman–Crippen LogP) is 3.84. The third kappa shape index (κ3) is 4.99. The first-order valence-corrected chi connectivity index (χ1v) is 7.62. The molecule has 0 spiro atoms. The molecule has 1 rings (SSSR count). The van der Waals surface area contributed by atoms with Crippen LogP contribution in [-0.4, -0.2) is 29.6 Å². The minimum absolute atomic E-state index is 0.0673. The minimum atomic E-state index is -1.86.